The molecule has 2 aromatic carbocycles. The van der Waals surface area contributed by atoms with Gasteiger partial charge < -0.3 is 9.84 Å². The van der Waals surface area contributed by atoms with Crippen LogP contribution < -0.4 is 14.8 Å². The van der Waals surface area contributed by atoms with Crippen LogP contribution in [-0.2, 0) is 19.6 Å². The van der Waals surface area contributed by atoms with Crippen LogP contribution >= 0.6 is 11.6 Å². The number of anilines is 1. The van der Waals surface area contributed by atoms with E-state index in [1.165, 1.54) is 60.8 Å². The minimum Gasteiger partial charge on any atom is -0.507 e. The predicted molar refractivity (Wildman–Crippen MR) is 125 cm³/mol. The molecule has 0 saturated carbocycles. The van der Waals surface area contributed by atoms with E-state index < -0.39 is 33.5 Å². The Hall–Kier alpha value is -3.73. The largest absolute Gasteiger partial charge is 0.507 e. The quantitative estimate of drug-likeness (QED) is 0.312. The number of rotatable bonds is 5. The molecule has 1 fully saturated rings. The molecule has 0 spiro atoms. The molecule has 1 aliphatic heterocycles. The lowest BCUT2D eigenvalue weighted by atomic mass is 9.95. The molecule has 0 aliphatic carbocycles. The minimum atomic E-state index is -3.96. The van der Waals surface area contributed by atoms with Gasteiger partial charge in [-0.1, -0.05) is 11.6 Å². The van der Waals surface area contributed by atoms with Gasteiger partial charge in [0.1, 0.15) is 11.5 Å². The lowest BCUT2D eigenvalue weighted by Crippen LogP contribution is -2.29. The predicted octanol–water partition coefficient (Wildman–Crippen LogP) is 3.02. The van der Waals surface area contributed by atoms with Crippen molar-refractivity contribution in [2.24, 2.45) is 5.14 Å². The Labute approximate surface area is 200 Å². The molecule has 174 valence electrons. The van der Waals surface area contributed by atoms with Crippen LogP contribution in [0.4, 0.5) is 5.69 Å². The maximum atomic E-state index is 13.2. The lowest BCUT2D eigenvalue weighted by Gasteiger charge is -2.25. The van der Waals surface area contributed by atoms with E-state index in [-0.39, 0.29) is 26.7 Å². The summed E-state index contributed by atoms with van der Waals surface area (Å²) in [5, 5.41) is 16.5. The average molecular weight is 500 g/mol. The summed E-state index contributed by atoms with van der Waals surface area (Å²) in [5.74, 6) is -1.94. The van der Waals surface area contributed by atoms with Crippen molar-refractivity contribution >= 4 is 44.8 Å². The number of nitrogens with two attached hydrogens (primary N) is 1. The fourth-order valence-corrected chi connectivity index (χ4v) is 4.44. The van der Waals surface area contributed by atoms with E-state index in [4.69, 9.17) is 21.5 Å². The SMILES string of the molecule is COc1ccc(Cl)c(/C(O)=C2\C(=O)C(=O)N(c3ccc(S(N)(=O)=O)cc3)C2c2ccncc2)c1. The Bertz CT molecular complexity index is 1420. The summed E-state index contributed by atoms with van der Waals surface area (Å²) in [6.07, 6.45) is 2.97. The number of ketones is 1. The van der Waals surface area contributed by atoms with E-state index in [0.717, 1.165) is 0 Å². The number of Topliss-reactive ketones (excluding diaryl/α,β-unsaturated/α-hetero) is 1. The molecule has 3 aromatic rings. The third-order valence-electron chi connectivity index (χ3n) is 5.34. The van der Waals surface area contributed by atoms with Crippen LogP contribution in [0.1, 0.15) is 17.2 Å². The number of nitrogens with zero attached hydrogens (tertiary/aromatic N) is 2. The molecule has 1 aliphatic rings. The number of aliphatic hydroxyl groups is 1. The van der Waals surface area contributed by atoms with Crippen molar-refractivity contribution < 1.29 is 27.9 Å². The van der Waals surface area contributed by atoms with E-state index in [0.29, 0.717) is 11.3 Å². The number of benzene rings is 2. The Morgan fingerprint density at radius 1 is 1.09 bits per heavy atom. The number of aliphatic hydroxyl groups excluding tert-OH is 1. The van der Waals surface area contributed by atoms with Crippen molar-refractivity contribution in [2.75, 3.05) is 12.0 Å². The standard InChI is InChI=1S/C23H18ClN3O6S/c1-33-15-4-7-18(24)17(12-15)21(28)19-20(13-8-10-26-11-9-13)27(23(30)22(19)29)14-2-5-16(6-3-14)34(25,31)32/h2-12,20,28H,1H3,(H2,25,31,32)/b21-19+. The van der Waals surface area contributed by atoms with E-state index >= 15 is 0 Å². The number of aromatic nitrogens is 1. The summed E-state index contributed by atoms with van der Waals surface area (Å²) in [6.45, 7) is 0. The van der Waals surface area contributed by atoms with E-state index in [1.807, 2.05) is 0 Å². The monoisotopic (exact) mass is 499 g/mol. The topological polar surface area (TPSA) is 140 Å². The van der Waals surface area contributed by atoms with Crippen LogP contribution in [0, 0.1) is 0 Å². The molecule has 1 amide bonds. The third kappa shape index (κ3) is 4.14. The second-order valence-corrected chi connectivity index (χ2v) is 9.30. The summed E-state index contributed by atoms with van der Waals surface area (Å²) >= 11 is 6.28. The van der Waals surface area contributed by atoms with Crippen LogP contribution in [0.2, 0.25) is 5.02 Å². The number of pyridine rings is 1. The number of hydrogen-bond donors (Lipinski definition) is 2. The fourth-order valence-electron chi connectivity index (χ4n) is 3.71. The van der Waals surface area contributed by atoms with E-state index in [2.05, 4.69) is 4.98 Å². The van der Waals surface area contributed by atoms with E-state index in [9.17, 15) is 23.1 Å². The highest BCUT2D eigenvalue weighted by molar-refractivity contribution is 7.89. The molecule has 0 bridgehead atoms. The molecular weight excluding hydrogens is 482 g/mol. The molecule has 2 heterocycles. The number of carbonyl (C=O) groups excluding carboxylic acids is 2. The first-order valence-corrected chi connectivity index (χ1v) is 11.7. The van der Waals surface area contributed by atoms with Gasteiger partial charge in [-0.05, 0) is 60.2 Å². The number of hydrogen-bond acceptors (Lipinski definition) is 7. The Balaban J connectivity index is 1.94. The van der Waals surface area contributed by atoms with Gasteiger partial charge in [0.05, 0.1) is 28.6 Å². The van der Waals surface area contributed by atoms with Gasteiger partial charge in [-0.2, -0.15) is 0 Å². The van der Waals surface area contributed by atoms with Crippen LogP contribution in [0.3, 0.4) is 0 Å². The summed E-state index contributed by atoms with van der Waals surface area (Å²) < 4.78 is 28.4. The second kappa shape index (κ2) is 8.90. The zero-order valence-corrected chi connectivity index (χ0v) is 19.2. The maximum absolute atomic E-state index is 13.2. The van der Waals surface area contributed by atoms with Crippen molar-refractivity contribution in [2.45, 2.75) is 10.9 Å². The maximum Gasteiger partial charge on any atom is 0.300 e. The molecule has 11 heteroatoms. The number of methoxy groups -OCH3 is 1. The van der Waals surface area contributed by atoms with E-state index in [1.54, 1.807) is 18.2 Å². The average Bonchev–Trinajstić information content (AvgIpc) is 3.09. The first-order chi connectivity index (χ1) is 16.1. The second-order valence-electron chi connectivity index (χ2n) is 7.33. The van der Waals surface area contributed by atoms with Gasteiger partial charge in [0.15, 0.2) is 0 Å². The smallest absolute Gasteiger partial charge is 0.300 e. The molecular formula is C23H18ClN3O6S. The zero-order valence-electron chi connectivity index (χ0n) is 17.7. The third-order valence-corrected chi connectivity index (χ3v) is 6.60. The van der Waals surface area contributed by atoms with Gasteiger partial charge >= 0.3 is 0 Å². The van der Waals surface area contributed by atoms with Crippen molar-refractivity contribution in [1.29, 1.82) is 0 Å². The van der Waals surface area contributed by atoms with Crippen LogP contribution in [-0.4, -0.2) is 37.3 Å². The van der Waals surface area contributed by atoms with Crippen molar-refractivity contribution in [3.8, 4) is 5.75 Å². The number of carbonyl (C=O) groups is 2. The first-order valence-electron chi connectivity index (χ1n) is 9.81. The van der Waals surface area contributed by atoms with Crippen molar-refractivity contribution in [1.82, 2.24) is 4.98 Å². The molecule has 4 rings (SSSR count). The van der Waals surface area contributed by atoms with Gasteiger partial charge in [0.2, 0.25) is 10.0 Å². The highest BCUT2D eigenvalue weighted by Gasteiger charge is 2.47. The summed E-state index contributed by atoms with van der Waals surface area (Å²) in [5.41, 5.74) is 0.641. The summed E-state index contributed by atoms with van der Waals surface area (Å²) in [4.78, 5) is 31.3. The molecule has 1 unspecified atom stereocenters. The highest BCUT2D eigenvalue weighted by atomic mass is 35.5. The van der Waals surface area contributed by atoms with Gasteiger partial charge in [0, 0.05) is 23.6 Å². The Kier molecular flexibility index (Phi) is 6.13. The molecule has 0 radical (unpaired) electrons. The molecule has 1 saturated heterocycles. The number of sulfonamides is 1. The van der Waals surface area contributed by atoms with Crippen molar-refractivity contribution in [3.63, 3.8) is 0 Å². The van der Waals surface area contributed by atoms with Gasteiger partial charge in [-0.25, -0.2) is 13.6 Å². The molecule has 1 atom stereocenters. The Morgan fingerprint density at radius 2 is 1.74 bits per heavy atom. The van der Waals surface area contributed by atoms with Crippen molar-refractivity contribution in [3.05, 3.63) is 88.7 Å². The van der Waals surface area contributed by atoms with Gasteiger partial charge in [-0.15, -0.1) is 0 Å². The van der Waals surface area contributed by atoms with Gasteiger partial charge in [-0.3, -0.25) is 19.5 Å². The number of amides is 1. The minimum absolute atomic E-state index is 0.114. The van der Waals surface area contributed by atoms with Gasteiger partial charge in [0.25, 0.3) is 11.7 Å². The summed E-state index contributed by atoms with van der Waals surface area (Å²) in [6, 6.07) is 11.9. The Morgan fingerprint density at radius 3 is 2.32 bits per heavy atom. The van der Waals surface area contributed by atoms with Crippen LogP contribution in [0.25, 0.3) is 5.76 Å². The van der Waals surface area contributed by atoms with Crippen LogP contribution in [0.5, 0.6) is 5.75 Å². The molecule has 9 nitrogen and oxygen atoms in total. The molecule has 3 N–H and O–H groups in total. The molecule has 1 aromatic heterocycles. The fraction of sp³-hybridized carbons (Fsp3) is 0.0870. The van der Waals surface area contributed by atoms with Crippen LogP contribution in [0.15, 0.2) is 77.5 Å². The highest BCUT2D eigenvalue weighted by Crippen LogP contribution is 2.43. The lowest BCUT2D eigenvalue weighted by molar-refractivity contribution is -0.132. The zero-order chi connectivity index (χ0) is 24.6. The number of ether oxygens (including phenoxy) is 1. The molecule has 34 heavy (non-hydrogen) atoms. The first kappa shape index (κ1) is 23.4. The number of halogens is 1. The summed E-state index contributed by atoms with van der Waals surface area (Å²) in [7, 11) is -2.52. The normalized spacial score (nSPS) is 17.7. The number of primary sulfonamides is 1.